The van der Waals surface area contributed by atoms with Crippen LogP contribution in [-0.2, 0) is 14.4 Å². The van der Waals surface area contributed by atoms with E-state index in [2.05, 4.69) is 0 Å². The third kappa shape index (κ3) is 1.94. The van der Waals surface area contributed by atoms with E-state index < -0.39 is 59.3 Å². The average Bonchev–Trinajstić information content (AvgIpc) is 2.38. The van der Waals surface area contributed by atoms with Gasteiger partial charge in [-0.25, -0.2) is 4.79 Å². The Morgan fingerprint density at radius 1 is 1.05 bits per heavy atom. The second-order valence-electron chi connectivity index (χ2n) is 4.69. The van der Waals surface area contributed by atoms with Crippen molar-refractivity contribution in [3.63, 3.8) is 0 Å². The lowest BCUT2D eigenvalue weighted by Crippen LogP contribution is -2.47. The molecule has 0 fully saturated rings. The first-order valence-electron chi connectivity index (χ1n) is 5.81. The summed E-state index contributed by atoms with van der Waals surface area (Å²) < 4.78 is 14.6. The van der Waals surface area contributed by atoms with Crippen LogP contribution in [0.1, 0.15) is 12.8 Å². The molecule has 1 atom stereocenters. The maximum atomic E-state index is 12.0. The number of aromatic hydroxyl groups is 1. The van der Waals surface area contributed by atoms with E-state index in [1.165, 1.54) is 0 Å². The Morgan fingerprint density at radius 2 is 1.67 bits per heavy atom. The molecule has 0 saturated carbocycles. The summed E-state index contributed by atoms with van der Waals surface area (Å²) in [6.45, 7) is 0. The molecular weight excluding hydrogens is 286 g/mol. The van der Waals surface area contributed by atoms with Crippen molar-refractivity contribution in [3.05, 3.63) is 6.07 Å². The van der Waals surface area contributed by atoms with Crippen LogP contribution in [0, 0.1) is 0 Å². The highest BCUT2D eigenvalue weighted by Crippen LogP contribution is 2.48. The number of rotatable bonds is 0. The number of nitrogens with two attached hydrogens (primary N) is 1. The van der Waals surface area contributed by atoms with Crippen LogP contribution in [0.4, 0.5) is 5.69 Å². The smallest absolute Gasteiger partial charge is 0.344 e. The van der Waals surface area contributed by atoms with Gasteiger partial charge in [0.25, 0.3) is 0 Å². The molecule has 0 radical (unpaired) electrons. The van der Waals surface area contributed by atoms with Crippen molar-refractivity contribution in [2.75, 3.05) is 5.73 Å². The maximum Gasteiger partial charge on any atom is 0.344 e. The van der Waals surface area contributed by atoms with Gasteiger partial charge in [-0.15, -0.1) is 0 Å². The number of hydrogen-bond acceptors (Lipinski definition) is 9. The molecule has 2 aliphatic rings. The van der Waals surface area contributed by atoms with Crippen molar-refractivity contribution in [3.8, 4) is 23.0 Å². The predicted octanol–water partition coefficient (Wildman–Crippen LogP) is -0.771. The molecule has 3 rings (SSSR count). The number of esters is 3. The van der Waals surface area contributed by atoms with E-state index in [4.69, 9.17) is 19.9 Å². The largest absolute Gasteiger partial charge is 0.504 e. The quantitative estimate of drug-likeness (QED) is 0.319. The van der Waals surface area contributed by atoms with Gasteiger partial charge in [-0.05, 0) is 0 Å². The molecule has 1 aromatic rings. The van der Waals surface area contributed by atoms with Gasteiger partial charge >= 0.3 is 17.9 Å². The van der Waals surface area contributed by atoms with Crippen molar-refractivity contribution in [2.45, 2.75) is 18.4 Å². The van der Waals surface area contributed by atoms with E-state index in [0.29, 0.717) is 0 Å². The van der Waals surface area contributed by atoms with Crippen LogP contribution in [0.25, 0.3) is 0 Å². The molecule has 9 nitrogen and oxygen atoms in total. The number of anilines is 1. The van der Waals surface area contributed by atoms with Crippen molar-refractivity contribution < 1.29 is 38.8 Å². The summed E-state index contributed by atoms with van der Waals surface area (Å²) >= 11 is 0. The SMILES string of the molecule is Nc1c2c(O)cc3c1OC(=O)C(O)(CC(=O)O3)CC(=O)O2. The molecule has 0 spiro atoms. The highest BCUT2D eigenvalue weighted by atomic mass is 16.6. The Hall–Kier alpha value is -2.81. The van der Waals surface area contributed by atoms with Crippen LogP contribution in [-0.4, -0.2) is 33.7 Å². The van der Waals surface area contributed by atoms with E-state index in [1.54, 1.807) is 0 Å². The van der Waals surface area contributed by atoms with Crippen molar-refractivity contribution in [1.29, 1.82) is 0 Å². The summed E-state index contributed by atoms with van der Waals surface area (Å²) in [5.41, 5.74) is 2.83. The Bertz CT molecular complexity index is 697. The third-order valence-electron chi connectivity index (χ3n) is 3.10. The molecule has 21 heavy (non-hydrogen) atoms. The fraction of sp³-hybridized carbons (Fsp3) is 0.250. The summed E-state index contributed by atoms with van der Waals surface area (Å²) in [6.07, 6.45) is -1.66. The number of phenolic OH excluding ortho intramolecular Hbond substituents is 1. The van der Waals surface area contributed by atoms with Crippen molar-refractivity contribution in [1.82, 2.24) is 0 Å². The van der Waals surface area contributed by atoms with Gasteiger partial charge in [0.15, 0.2) is 22.8 Å². The van der Waals surface area contributed by atoms with Gasteiger partial charge < -0.3 is 30.2 Å². The van der Waals surface area contributed by atoms with Gasteiger partial charge in [0.05, 0.1) is 12.8 Å². The van der Waals surface area contributed by atoms with Crippen LogP contribution in [0.2, 0.25) is 0 Å². The first kappa shape index (κ1) is 13.2. The van der Waals surface area contributed by atoms with Crippen LogP contribution >= 0.6 is 0 Å². The maximum absolute atomic E-state index is 12.0. The summed E-state index contributed by atoms with van der Waals surface area (Å²) in [4.78, 5) is 35.5. The minimum Gasteiger partial charge on any atom is -0.504 e. The molecule has 1 unspecified atom stereocenters. The molecule has 4 N–H and O–H groups in total. The lowest BCUT2D eigenvalue weighted by atomic mass is 9.95. The number of aliphatic hydroxyl groups is 1. The van der Waals surface area contributed by atoms with Crippen LogP contribution in [0.15, 0.2) is 6.07 Å². The van der Waals surface area contributed by atoms with Gasteiger partial charge in [-0.2, -0.15) is 0 Å². The second kappa shape index (κ2) is 4.09. The van der Waals surface area contributed by atoms with E-state index in [1.807, 2.05) is 0 Å². The molecule has 2 aliphatic heterocycles. The van der Waals surface area contributed by atoms with E-state index in [-0.39, 0.29) is 5.75 Å². The molecule has 0 amide bonds. The summed E-state index contributed by atoms with van der Waals surface area (Å²) in [7, 11) is 0. The van der Waals surface area contributed by atoms with E-state index in [0.717, 1.165) is 6.07 Å². The number of carbonyl (C=O) groups is 3. The van der Waals surface area contributed by atoms with Crippen LogP contribution < -0.4 is 19.9 Å². The number of fused-ring (bicyclic) bond motifs is 3. The number of ether oxygens (including phenoxy) is 3. The van der Waals surface area contributed by atoms with Gasteiger partial charge in [-0.3, -0.25) is 9.59 Å². The zero-order chi connectivity index (χ0) is 15.4. The monoisotopic (exact) mass is 295 g/mol. The summed E-state index contributed by atoms with van der Waals surface area (Å²) in [6, 6.07) is 0.926. The van der Waals surface area contributed by atoms with Crippen molar-refractivity contribution >= 4 is 23.6 Å². The molecule has 1 aromatic carbocycles. The second-order valence-corrected chi connectivity index (χ2v) is 4.69. The molecule has 110 valence electrons. The summed E-state index contributed by atoms with van der Waals surface area (Å²) in [5.74, 6) is -5.02. The van der Waals surface area contributed by atoms with E-state index >= 15 is 0 Å². The Morgan fingerprint density at radius 3 is 2.33 bits per heavy atom. The van der Waals surface area contributed by atoms with Crippen LogP contribution in [0.5, 0.6) is 23.0 Å². The zero-order valence-electron chi connectivity index (χ0n) is 10.4. The molecule has 9 heteroatoms. The molecule has 0 aliphatic carbocycles. The Balaban J connectivity index is 2.31. The number of benzene rings is 1. The summed E-state index contributed by atoms with van der Waals surface area (Å²) in [5, 5.41) is 19.9. The fourth-order valence-corrected chi connectivity index (χ4v) is 2.10. The fourth-order valence-electron chi connectivity index (χ4n) is 2.10. The standard InChI is InChI=1S/C12H9NO8/c13-8-9-4(14)1-5-10(8)21-11(17)12(18,2-6(15)19-5)3-7(16)20-9/h1,14,18H,2-3,13H2. The average molecular weight is 295 g/mol. The van der Waals surface area contributed by atoms with E-state index in [9.17, 15) is 24.6 Å². The van der Waals surface area contributed by atoms with Gasteiger partial charge in [0.1, 0.15) is 5.69 Å². The highest BCUT2D eigenvalue weighted by molar-refractivity contribution is 5.96. The number of carbonyl (C=O) groups excluding carboxylic acids is 3. The van der Waals surface area contributed by atoms with Crippen LogP contribution in [0.3, 0.4) is 0 Å². The first-order chi connectivity index (χ1) is 9.80. The molecule has 2 heterocycles. The molecule has 0 aromatic heterocycles. The van der Waals surface area contributed by atoms with Gasteiger partial charge in [0.2, 0.25) is 5.75 Å². The molecule has 3 bridgehead atoms. The minimum atomic E-state index is -2.43. The number of hydrogen-bond donors (Lipinski definition) is 3. The lowest BCUT2D eigenvalue weighted by Gasteiger charge is -2.25. The highest BCUT2D eigenvalue weighted by Gasteiger charge is 2.47. The minimum absolute atomic E-state index is 0.313. The van der Waals surface area contributed by atoms with Gasteiger partial charge in [-0.1, -0.05) is 0 Å². The van der Waals surface area contributed by atoms with Gasteiger partial charge in [0, 0.05) is 6.07 Å². The number of nitrogen functional groups attached to an aromatic ring is 1. The Kier molecular flexibility index (Phi) is 2.57. The number of phenols is 1. The Labute approximate surface area is 116 Å². The first-order valence-corrected chi connectivity index (χ1v) is 5.81. The molecular formula is C12H9NO8. The third-order valence-corrected chi connectivity index (χ3v) is 3.10. The van der Waals surface area contributed by atoms with Crippen molar-refractivity contribution in [2.24, 2.45) is 0 Å². The predicted molar refractivity (Wildman–Crippen MR) is 63.6 cm³/mol. The normalized spacial score (nSPS) is 24.1. The zero-order valence-corrected chi connectivity index (χ0v) is 10.4. The molecule has 0 saturated heterocycles. The lowest BCUT2D eigenvalue weighted by molar-refractivity contribution is -0.168. The topological polar surface area (TPSA) is 145 Å².